The van der Waals surface area contributed by atoms with Crippen LogP contribution in [0, 0.1) is 5.82 Å². The number of carboxylic acids is 1. The molecule has 1 aromatic carbocycles. The van der Waals surface area contributed by atoms with Crippen LogP contribution in [-0.4, -0.2) is 16.1 Å². The molecule has 8 heteroatoms. The van der Waals surface area contributed by atoms with Gasteiger partial charge in [-0.25, -0.2) is 9.37 Å². The minimum absolute atomic E-state index is 0. The molecule has 2 aromatic heterocycles. The average Bonchev–Trinajstić information content (AvgIpc) is 3.05. The van der Waals surface area contributed by atoms with Gasteiger partial charge in [-0.2, -0.15) is 0 Å². The number of aliphatic carboxylic acids is 1. The Hall–Kier alpha value is -1.18. The fourth-order valence-electron chi connectivity index (χ4n) is 1.96. The summed E-state index contributed by atoms with van der Waals surface area (Å²) in [6, 6.07) is 9.09. The Kier molecular flexibility index (Phi) is 6.00. The zero-order valence-corrected chi connectivity index (χ0v) is 15.6. The van der Waals surface area contributed by atoms with Gasteiger partial charge in [0.25, 0.3) is 0 Å². The second-order valence-electron chi connectivity index (χ2n) is 4.47. The van der Waals surface area contributed by atoms with Crippen LogP contribution in [0.4, 0.5) is 4.39 Å². The van der Waals surface area contributed by atoms with Gasteiger partial charge in [-0.15, -0.1) is 11.3 Å². The largest absolute Gasteiger partial charge is 1.00 e. The number of benzene rings is 1. The summed E-state index contributed by atoms with van der Waals surface area (Å²) in [6.07, 6.45) is -0.293. The van der Waals surface area contributed by atoms with E-state index < -0.39 is 5.97 Å². The summed E-state index contributed by atoms with van der Waals surface area (Å²) in [7, 11) is 0. The van der Waals surface area contributed by atoms with E-state index in [1.165, 1.54) is 35.6 Å². The number of hydrogen-bond acceptors (Lipinski definition) is 4. The summed E-state index contributed by atoms with van der Waals surface area (Å²) >= 11 is 7.19. The number of rotatable bonds is 4. The third-order valence-electron chi connectivity index (χ3n) is 2.91. The van der Waals surface area contributed by atoms with Gasteiger partial charge in [0.15, 0.2) is 0 Å². The van der Waals surface area contributed by atoms with Gasteiger partial charge >= 0.3 is 35.5 Å². The van der Waals surface area contributed by atoms with Crippen LogP contribution in [0.5, 0.6) is 0 Å². The number of oxazole rings is 1. The molecule has 3 rings (SSSR count). The molecule has 0 atom stereocenters. The van der Waals surface area contributed by atoms with Gasteiger partial charge in [-0.1, -0.05) is 11.6 Å². The van der Waals surface area contributed by atoms with Crippen molar-refractivity contribution in [1.29, 1.82) is 0 Å². The number of halogens is 2. The number of aromatic nitrogens is 1. The van der Waals surface area contributed by atoms with E-state index >= 15 is 0 Å². The molecular weight excluding hydrogens is 352 g/mol. The van der Waals surface area contributed by atoms with Gasteiger partial charge in [0.05, 0.1) is 9.21 Å². The molecule has 0 bridgehead atoms. The van der Waals surface area contributed by atoms with Gasteiger partial charge < -0.3 is 11.0 Å². The third kappa shape index (κ3) is 4.22. The van der Waals surface area contributed by atoms with Crippen molar-refractivity contribution < 1.29 is 49.7 Å². The first-order valence-electron chi connectivity index (χ1n) is 6.26. The molecule has 0 aliphatic heterocycles. The average molecular weight is 362 g/mol. The molecule has 0 saturated heterocycles. The molecule has 1 N–H and O–H groups in total. The summed E-state index contributed by atoms with van der Waals surface area (Å²) in [5, 5.41) is 9.00. The third-order valence-corrected chi connectivity index (χ3v) is 4.14. The molecule has 0 radical (unpaired) electrons. The van der Waals surface area contributed by atoms with Crippen molar-refractivity contribution in [3.8, 4) is 22.0 Å². The summed E-state index contributed by atoms with van der Waals surface area (Å²) in [5.41, 5.74) is 1.01. The first-order chi connectivity index (χ1) is 10.5. The molecule has 4 nitrogen and oxygen atoms in total. The van der Waals surface area contributed by atoms with Crippen LogP contribution >= 0.6 is 22.9 Å². The van der Waals surface area contributed by atoms with Crippen LogP contribution in [0.25, 0.3) is 22.0 Å². The van der Waals surface area contributed by atoms with E-state index in [-0.39, 0.29) is 54.9 Å². The Morgan fingerprint density at radius 1 is 1.30 bits per heavy atom. The minimum Gasteiger partial charge on any atom is -1.00 e. The SMILES string of the molecule is O=C(O)Cc1oc(-c2ccc(F)cc2)nc1-c1ccc(Cl)s1.[H-].[Na+]. The molecule has 23 heavy (non-hydrogen) atoms. The number of thiophene rings is 1. The number of carboxylic acid groups (broad SMARTS) is 1. The Bertz CT molecular complexity index is 838. The Balaban J connectivity index is 0.00000144. The molecule has 2 heterocycles. The molecular formula is C15H10ClFNNaO3S. The zero-order chi connectivity index (χ0) is 15.7. The van der Waals surface area contributed by atoms with Gasteiger partial charge in [0.2, 0.25) is 5.89 Å². The summed E-state index contributed by atoms with van der Waals surface area (Å²) in [5.74, 6) is -0.904. The molecule has 0 amide bonds. The molecule has 0 spiro atoms. The molecule has 0 aliphatic carbocycles. The van der Waals surface area contributed by atoms with E-state index in [0.717, 1.165) is 4.88 Å². The van der Waals surface area contributed by atoms with Gasteiger partial charge in [-0.05, 0) is 36.4 Å². The predicted octanol–water partition coefficient (Wildman–Crippen LogP) is 1.61. The Morgan fingerprint density at radius 2 is 2.00 bits per heavy atom. The van der Waals surface area contributed by atoms with E-state index in [1.807, 2.05) is 0 Å². The summed E-state index contributed by atoms with van der Waals surface area (Å²) < 4.78 is 19.1. The van der Waals surface area contributed by atoms with Crippen LogP contribution in [0.3, 0.4) is 0 Å². The Labute approximate surface area is 163 Å². The maximum absolute atomic E-state index is 13.0. The molecule has 0 saturated carbocycles. The van der Waals surface area contributed by atoms with Crippen LogP contribution in [-0.2, 0) is 11.2 Å². The number of nitrogens with zero attached hydrogens (tertiary/aromatic N) is 1. The van der Waals surface area contributed by atoms with Crippen molar-refractivity contribution >= 4 is 28.9 Å². The monoisotopic (exact) mass is 361 g/mol. The topological polar surface area (TPSA) is 63.3 Å². The van der Waals surface area contributed by atoms with Crippen molar-refractivity contribution in [3.05, 3.63) is 52.3 Å². The van der Waals surface area contributed by atoms with Gasteiger partial charge in [0.1, 0.15) is 23.7 Å². The normalized spacial score (nSPS) is 10.3. The molecule has 114 valence electrons. The molecule has 0 unspecified atom stereocenters. The van der Waals surface area contributed by atoms with Crippen LogP contribution in [0.1, 0.15) is 7.19 Å². The van der Waals surface area contributed by atoms with Crippen molar-refractivity contribution in [2.75, 3.05) is 0 Å². The van der Waals surface area contributed by atoms with Gasteiger partial charge in [-0.3, -0.25) is 4.79 Å². The fourth-order valence-corrected chi connectivity index (χ4v) is 3.01. The maximum atomic E-state index is 13.0. The van der Waals surface area contributed by atoms with E-state index in [2.05, 4.69) is 4.98 Å². The maximum Gasteiger partial charge on any atom is 1.00 e. The second-order valence-corrected chi connectivity index (χ2v) is 6.19. The summed E-state index contributed by atoms with van der Waals surface area (Å²) in [6.45, 7) is 0. The quantitative estimate of drug-likeness (QED) is 0.717. The van der Waals surface area contributed by atoms with Crippen molar-refractivity contribution in [3.63, 3.8) is 0 Å². The fraction of sp³-hybridized carbons (Fsp3) is 0.0667. The second kappa shape index (κ2) is 7.59. The van der Waals surface area contributed by atoms with Crippen LogP contribution < -0.4 is 29.6 Å². The van der Waals surface area contributed by atoms with Gasteiger partial charge in [0, 0.05) is 5.56 Å². The van der Waals surface area contributed by atoms with Crippen LogP contribution in [0.2, 0.25) is 4.34 Å². The molecule has 0 fully saturated rings. The zero-order valence-electron chi connectivity index (χ0n) is 13.0. The van der Waals surface area contributed by atoms with E-state index in [1.54, 1.807) is 12.1 Å². The van der Waals surface area contributed by atoms with Crippen molar-refractivity contribution in [2.24, 2.45) is 0 Å². The van der Waals surface area contributed by atoms with E-state index in [9.17, 15) is 9.18 Å². The van der Waals surface area contributed by atoms with Crippen molar-refractivity contribution in [2.45, 2.75) is 6.42 Å². The molecule has 3 aromatic rings. The standard InChI is InChI=1S/C15H9ClFNO3S.Na.H/c16-12-6-5-11(22-12)14-10(7-13(19)20)21-15(18-14)8-1-3-9(17)4-2-8;;/h1-6H,7H2,(H,19,20);;/q;+1;-1. The first-order valence-corrected chi connectivity index (χ1v) is 7.45. The van der Waals surface area contributed by atoms with Crippen LogP contribution in [0.15, 0.2) is 40.8 Å². The molecule has 0 aliphatic rings. The number of carbonyl (C=O) groups is 1. The van der Waals surface area contributed by atoms with Crippen molar-refractivity contribution in [1.82, 2.24) is 4.98 Å². The van der Waals surface area contributed by atoms with E-state index in [4.69, 9.17) is 21.1 Å². The van der Waals surface area contributed by atoms with E-state index in [0.29, 0.717) is 15.6 Å². The smallest absolute Gasteiger partial charge is 1.00 e. The predicted molar refractivity (Wildman–Crippen MR) is 82.7 cm³/mol. The minimum atomic E-state index is -1.02. The number of hydrogen-bond donors (Lipinski definition) is 1. The summed E-state index contributed by atoms with van der Waals surface area (Å²) in [4.78, 5) is 16.1. The first kappa shape index (κ1) is 18.2. The Morgan fingerprint density at radius 3 is 2.57 bits per heavy atom.